The van der Waals surface area contributed by atoms with Crippen molar-refractivity contribution in [2.45, 2.75) is 19.9 Å². The van der Waals surface area contributed by atoms with Crippen molar-refractivity contribution in [2.24, 2.45) is 0 Å². The fourth-order valence-corrected chi connectivity index (χ4v) is 2.60. The average molecular weight is 332 g/mol. The normalized spacial score (nSPS) is 10.6. The van der Waals surface area contributed by atoms with Crippen LogP contribution in [0.4, 0.5) is 0 Å². The van der Waals surface area contributed by atoms with Gasteiger partial charge in [-0.05, 0) is 36.2 Å². The highest BCUT2D eigenvalue weighted by atomic mass is 16.5. The zero-order valence-corrected chi connectivity index (χ0v) is 14.2. The number of hydrogen-bond donors (Lipinski definition) is 0. The summed E-state index contributed by atoms with van der Waals surface area (Å²) in [6.45, 7) is 4.20. The molecule has 0 aliphatic carbocycles. The van der Waals surface area contributed by atoms with Gasteiger partial charge in [0.1, 0.15) is 5.69 Å². The molecule has 126 valence electrons. The molecule has 2 aromatic heterocycles. The van der Waals surface area contributed by atoms with Gasteiger partial charge in [-0.2, -0.15) is 10.4 Å². The largest absolute Gasteiger partial charge is 0.380 e. The van der Waals surface area contributed by atoms with E-state index in [1.165, 1.54) is 0 Å². The van der Waals surface area contributed by atoms with Gasteiger partial charge in [-0.15, -0.1) is 0 Å². The number of benzene rings is 1. The van der Waals surface area contributed by atoms with Crippen molar-refractivity contribution < 1.29 is 4.74 Å². The van der Waals surface area contributed by atoms with Gasteiger partial charge in [0.2, 0.25) is 0 Å². The van der Waals surface area contributed by atoms with Gasteiger partial charge in [0.15, 0.2) is 0 Å². The maximum atomic E-state index is 8.99. The van der Waals surface area contributed by atoms with Gasteiger partial charge in [0.25, 0.3) is 0 Å². The smallest absolute Gasteiger partial charge is 0.100 e. The van der Waals surface area contributed by atoms with Gasteiger partial charge < -0.3 is 4.74 Å². The molecule has 3 aromatic rings. The van der Waals surface area contributed by atoms with Crippen molar-refractivity contribution in [1.82, 2.24) is 14.8 Å². The predicted molar refractivity (Wildman–Crippen MR) is 96.7 cm³/mol. The summed E-state index contributed by atoms with van der Waals surface area (Å²) in [5, 5.41) is 13.7. The molecule has 0 aliphatic rings. The van der Waals surface area contributed by atoms with Crippen molar-refractivity contribution in [3.05, 3.63) is 60.6 Å². The molecule has 1 aromatic carbocycles. The van der Waals surface area contributed by atoms with Crippen LogP contribution in [0.1, 0.15) is 18.9 Å². The second kappa shape index (κ2) is 8.22. The Morgan fingerprint density at radius 3 is 2.48 bits per heavy atom. The first-order chi connectivity index (χ1) is 12.3. The summed E-state index contributed by atoms with van der Waals surface area (Å²) in [4.78, 5) is 4.08. The van der Waals surface area contributed by atoms with E-state index in [1.807, 2.05) is 47.3 Å². The van der Waals surface area contributed by atoms with Crippen molar-refractivity contribution in [3.63, 3.8) is 0 Å². The molecule has 0 atom stereocenters. The molecule has 3 rings (SSSR count). The third kappa shape index (κ3) is 4.11. The highest BCUT2D eigenvalue weighted by molar-refractivity contribution is 5.80. The number of nitrogens with zero attached hydrogens (tertiary/aromatic N) is 4. The summed E-state index contributed by atoms with van der Waals surface area (Å²) in [5.74, 6) is 0. The lowest BCUT2D eigenvalue weighted by molar-refractivity contribution is 0.124. The van der Waals surface area contributed by atoms with Crippen LogP contribution in [0.2, 0.25) is 0 Å². The Labute approximate surface area is 147 Å². The van der Waals surface area contributed by atoms with E-state index in [4.69, 9.17) is 15.1 Å². The zero-order chi connectivity index (χ0) is 17.5. The van der Waals surface area contributed by atoms with Crippen LogP contribution in [-0.4, -0.2) is 28.0 Å². The Hall–Kier alpha value is -2.97. The van der Waals surface area contributed by atoms with E-state index >= 15 is 0 Å². The summed E-state index contributed by atoms with van der Waals surface area (Å²) in [6, 6.07) is 13.6. The van der Waals surface area contributed by atoms with E-state index in [1.54, 1.807) is 12.4 Å². The molecule has 0 saturated heterocycles. The molecule has 2 heterocycles. The Kier molecular flexibility index (Phi) is 5.55. The molecule has 0 aliphatic heterocycles. The van der Waals surface area contributed by atoms with Crippen LogP contribution in [0.3, 0.4) is 0 Å². The van der Waals surface area contributed by atoms with E-state index < -0.39 is 0 Å². The molecule has 0 bridgehead atoms. The fraction of sp³-hybridized carbons (Fsp3) is 0.250. The first kappa shape index (κ1) is 16.9. The minimum absolute atomic E-state index is 0.637. The van der Waals surface area contributed by atoms with E-state index in [0.29, 0.717) is 18.7 Å². The van der Waals surface area contributed by atoms with E-state index in [2.05, 4.69) is 18.0 Å². The number of aromatic nitrogens is 3. The van der Waals surface area contributed by atoms with Crippen LogP contribution in [-0.2, 0) is 11.3 Å². The van der Waals surface area contributed by atoms with Gasteiger partial charge in [-0.1, -0.05) is 19.1 Å². The Morgan fingerprint density at radius 2 is 1.80 bits per heavy atom. The summed E-state index contributed by atoms with van der Waals surface area (Å²) in [7, 11) is 0. The van der Waals surface area contributed by atoms with E-state index in [9.17, 15) is 0 Å². The molecular formula is C20H20N4O. The maximum absolute atomic E-state index is 8.99. The number of nitriles is 1. The number of pyridine rings is 1. The molecule has 0 fully saturated rings. The molecule has 25 heavy (non-hydrogen) atoms. The van der Waals surface area contributed by atoms with Crippen molar-refractivity contribution in [1.29, 1.82) is 5.26 Å². The van der Waals surface area contributed by atoms with Crippen LogP contribution in [0, 0.1) is 11.3 Å². The van der Waals surface area contributed by atoms with Crippen LogP contribution < -0.4 is 0 Å². The quantitative estimate of drug-likeness (QED) is 0.615. The molecule has 0 N–H and O–H groups in total. The minimum Gasteiger partial charge on any atom is -0.380 e. The van der Waals surface area contributed by atoms with Crippen LogP contribution >= 0.6 is 0 Å². The number of hydrogen-bond acceptors (Lipinski definition) is 4. The molecule has 0 unspecified atom stereocenters. The molecule has 5 heteroatoms. The summed E-state index contributed by atoms with van der Waals surface area (Å²) < 4.78 is 7.49. The third-order valence-corrected chi connectivity index (χ3v) is 3.85. The summed E-state index contributed by atoms with van der Waals surface area (Å²) >= 11 is 0. The Morgan fingerprint density at radius 1 is 1.04 bits per heavy atom. The van der Waals surface area contributed by atoms with E-state index in [0.717, 1.165) is 35.4 Å². The number of rotatable bonds is 7. The lowest BCUT2D eigenvalue weighted by atomic mass is 10.0. The van der Waals surface area contributed by atoms with Crippen molar-refractivity contribution in [2.75, 3.05) is 13.2 Å². The highest BCUT2D eigenvalue weighted by Crippen LogP contribution is 2.30. The van der Waals surface area contributed by atoms with Crippen LogP contribution in [0.25, 0.3) is 22.4 Å². The van der Waals surface area contributed by atoms with Crippen molar-refractivity contribution >= 4 is 0 Å². The molecule has 0 spiro atoms. The van der Waals surface area contributed by atoms with Gasteiger partial charge in [0.05, 0.1) is 24.8 Å². The first-order valence-corrected chi connectivity index (χ1v) is 8.38. The molecule has 0 saturated carbocycles. The maximum Gasteiger partial charge on any atom is 0.100 e. The molecule has 0 amide bonds. The minimum atomic E-state index is 0.637. The Balaban J connectivity index is 1.93. The SMILES string of the molecule is CCCOCCn1cc(-c2ccc(C#N)cc2)c(-c2ccncc2)n1. The summed E-state index contributed by atoms with van der Waals surface area (Å²) in [6.07, 6.45) is 6.58. The summed E-state index contributed by atoms with van der Waals surface area (Å²) in [5.41, 5.74) is 4.64. The topological polar surface area (TPSA) is 63.7 Å². The van der Waals surface area contributed by atoms with Crippen LogP contribution in [0.5, 0.6) is 0 Å². The second-order valence-corrected chi connectivity index (χ2v) is 5.69. The predicted octanol–water partition coefficient (Wildman–Crippen LogP) is 3.91. The second-order valence-electron chi connectivity index (χ2n) is 5.69. The lowest BCUT2D eigenvalue weighted by Gasteiger charge is -2.02. The standard InChI is InChI=1S/C20H20N4O/c1-2-12-25-13-11-24-15-19(17-5-3-16(14-21)4-6-17)20(23-24)18-7-9-22-10-8-18/h3-10,15H,2,11-13H2,1H3. The van der Waals surface area contributed by atoms with Gasteiger partial charge in [0, 0.05) is 36.3 Å². The fourth-order valence-electron chi connectivity index (χ4n) is 2.60. The van der Waals surface area contributed by atoms with Gasteiger partial charge >= 0.3 is 0 Å². The zero-order valence-electron chi connectivity index (χ0n) is 14.2. The average Bonchev–Trinajstić information content (AvgIpc) is 3.10. The molecule has 0 radical (unpaired) electrons. The first-order valence-electron chi connectivity index (χ1n) is 8.38. The highest BCUT2D eigenvalue weighted by Gasteiger charge is 2.13. The number of ether oxygens (including phenoxy) is 1. The Bertz CT molecular complexity index is 848. The van der Waals surface area contributed by atoms with Gasteiger partial charge in [-0.3, -0.25) is 9.67 Å². The van der Waals surface area contributed by atoms with Gasteiger partial charge in [-0.25, -0.2) is 0 Å². The molecule has 5 nitrogen and oxygen atoms in total. The lowest BCUT2D eigenvalue weighted by Crippen LogP contribution is -2.07. The van der Waals surface area contributed by atoms with Crippen LogP contribution in [0.15, 0.2) is 55.0 Å². The van der Waals surface area contributed by atoms with E-state index in [-0.39, 0.29) is 0 Å². The van der Waals surface area contributed by atoms with Crippen molar-refractivity contribution in [3.8, 4) is 28.5 Å². The molecular weight excluding hydrogens is 312 g/mol. The monoisotopic (exact) mass is 332 g/mol. The third-order valence-electron chi connectivity index (χ3n) is 3.85.